The molecule has 0 aliphatic heterocycles. The van der Waals surface area contributed by atoms with Crippen LogP contribution in [0.15, 0.2) is 29.1 Å². The van der Waals surface area contributed by atoms with Gasteiger partial charge in [0.25, 0.3) is 0 Å². The highest BCUT2D eigenvalue weighted by atomic mass is 16.2. The van der Waals surface area contributed by atoms with Gasteiger partial charge < -0.3 is 5.73 Å². The lowest BCUT2D eigenvalue weighted by atomic mass is 10.0. The van der Waals surface area contributed by atoms with Crippen LogP contribution < -0.4 is 11.4 Å². The first-order chi connectivity index (χ1) is 10.5. The van der Waals surface area contributed by atoms with Crippen LogP contribution in [-0.2, 0) is 11.3 Å². The van der Waals surface area contributed by atoms with Gasteiger partial charge >= 0.3 is 5.69 Å². The van der Waals surface area contributed by atoms with Gasteiger partial charge in [-0.05, 0) is 24.5 Å². The minimum atomic E-state index is -0.621. The van der Waals surface area contributed by atoms with Gasteiger partial charge in [0.2, 0.25) is 5.91 Å². The Bertz CT molecular complexity index is 712. The molecule has 1 atom stereocenters. The number of unbranched alkanes of at least 4 members (excludes halogenated alkanes) is 2. The summed E-state index contributed by atoms with van der Waals surface area (Å²) in [5, 5.41) is 0. The minimum absolute atomic E-state index is 0.0369. The van der Waals surface area contributed by atoms with E-state index in [4.69, 9.17) is 5.73 Å². The van der Waals surface area contributed by atoms with Crippen LogP contribution in [0.4, 0.5) is 0 Å². The molecule has 0 bridgehead atoms. The zero-order valence-corrected chi connectivity index (χ0v) is 13.6. The molecule has 0 spiro atoms. The number of carbonyl (C=O) groups is 1. The highest BCUT2D eigenvalue weighted by molar-refractivity contribution is 5.83. The second kappa shape index (κ2) is 6.81. The van der Waals surface area contributed by atoms with Crippen LogP contribution >= 0.6 is 0 Å². The number of benzene rings is 1. The number of aromatic nitrogens is 2. The second-order valence-electron chi connectivity index (χ2n) is 6.09. The smallest absolute Gasteiger partial charge is 0.329 e. The molecule has 0 unspecified atom stereocenters. The van der Waals surface area contributed by atoms with Crippen molar-refractivity contribution in [2.75, 3.05) is 0 Å². The number of rotatable bonds is 7. The molecule has 0 radical (unpaired) electrons. The predicted molar refractivity (Wildman–Crippen MR) is 88.8 cm³/mol. The van der Waals surface area contributed by atoms with Gasteiger partial charge in [0.1, 0.15) is 6.04 Å². The molecule has 2 N–H and O–H groups in total. The molecule has 2 rings (SSSR count). The van der Waals surface area contributed by atoms with Crippen molar-refractivity contribution in [1.82, 2.24) is 9.13 Å². The Morgan fingerprint density at radius 2 is 1.82 bits per heavy atom. The maximum absolute atomic E-state index is 12.9. The first kappa shape index (κ1) is 16.3. The maximum Gasteiger partial charge on any atom is 0.329 e. The fourth-order valence-electron chi connectivity index (χ4n) is 2.99. The van der Waals surface area contributed by atoms with Gasteiger partial charge in [0, 0.05) is 6.54 Å². The Labute approximate surface area is 130 Å². The van der Waals surface area contributed by atoms with Gasteiger partial charge in [0.05, 0.1) is 11.0 Å². The number of para-hydroxylation sites is 2. The van der Waals surface area contributed by atoms with E-state index < -0.39 is 11.9 Å². The fraction of sp³-hybridized carbons (Fsp3) is 0.529. The lowest BCUT2D eigenvalue weighted by molar-refractivity contribution is -0.122. The lowest BCUT2D eigenvalue weighted by Gasteiger charge is -2.18. The van der Waals surface area contributed by atoms with Crippen LogP contribution in [0.3, 0.4) is 0 Å². The molecule has 22 heavy (non-hydrogen) atoms. The molecule has 1 amide bonds. The van der Waals surface area contributed by atoms with E-state index in [1.165, 1.54) is 0 Å². The van der Waals surface area contributed by atoms with Gasteiger partial charge in [-0.25, -0.2) is 4.79 Å². The summed E-state index contributed by atoms with van der Waals surface area (Å²) in [5.74, 6) is -0.501. The number of fused-ring (bicyclic) bond motifs is 1. The summed E-state index contributed by atoms with van der Waals surface area (Å²) in [4.78, 5) is 24.7. The average Bonchev–Trinajstić information content (AvgIpc) is 2.73. The summed E-state index contributed by atoms with van der Waals surface area (Å²) in [6.07, 6.45) is 3.13. The van der Waals surface area contributed by atoms with E-state index in [1.807, 2.05) is 38.1 Å². The number of amides is 1. The Hall–Kier alpha value is -2.04. The molecule has 1 aromatic heterocycles. The predicted octanol–water partition coefficient (Wildman–Crippen LogP) is 2.68. The summed E-state index contributed by atoms with van der Waals surface area (Å²) in [5.41, 5.74) is 7.06. The molecule has 0 fully saturated rings. The zero-order chi connectivity index (χ0) is 16.3. The molecule has 5 heteroatoms. The summed E-state index contributed by atoms with van der Waals surface area (Å²) >= 11 is 0. The summed E-state index contributed by atoms with van der Waals surface area (Å²) in [6, 6.07) is 6.98. The number of hydrogen-bond acceptors (Lipinski definition) is 2. The molecule has 0 saturated heterocycles. The fourth-order valence-corrected chi connectivity index (χ4v) is 2.99. The first-order valence-electron chi connectivity index (χ1n) is 7.98. The van der Waals surface area contributed by atoms with Crippen LogP contribution in [0.5, 0.6) is 0 Å². The first-order valence-corrected chi connectivity index (χ1v) is 7.98. The van der Waals surface area contributed by atoms with Crippen molar-refractivity contribution in [1.29, 1.82) is 0 Å². The molecule has 1 aromatic carbocycles. The van der Waals surface area contributed by atoms with E-state index >= 15 is 0 Å². The van der Waals surface area contributed by atoms with E-state index in [0.29, 0.717) is 6.54 Å². The van der Waals surface area contributed by atoms with Crippen molar-refractivity contribution in [3.8, 4) is 0 Å². The molecular formula is C17H25N3O2. The number of nitrogens with zero attached hydrogens (tertiary/aromatic N) is 2. The van der Waals surface area contributed by atoms with E-state index in [0.717, 1.165) is 30.3 Å². The van der Waals surface area contributed by atoms with Crippen molar-refractivity contribution < 1.29 is 4.79 Å². The van der Waals surface area contributed by atoms with Crippen LogP contribution in [0, 0.1) is 5.92 Å². The minimum Gasteiger partial charge on any atom is -0.368 e. The van der Waals surface area contributed by atoms with Gasteiger partial charge in [-0.2, -0.15) is 0 Å². The topological polar surface area (TPSA) is 70.0 Å². The van der Waals surface area contributed by atoms with Gasteiger partial charge in [-0.15, -0.1) is 0 Å². The van der Waals surface area contributed by atoms with Crippen molar-refractivity contribution in [2.24, 2.45) is 11.7 Å². The summed E-state index contributed by atoms with van der Waals surface area (Å²) in [7, 11) is 0. The highest BCUT2D eigenvalue weighted by Gasteiger charge is 2.27. The molecular weight excluding hydrogens is 278 g/mol. The van der Waals surface area contributed by atoms with Crippen molar-refractivity contribution in [3.05, 3.63) is 34.7 Å². The molecule has 0 aliphatic rings. The molecule has 1 heterocycles. The van der Waals surface area contributed by atoms with Crippen molar-refractivity contribution in [3.63, 3.8) is 0 Å². The van der Waals surface area contributed by atoms with Crippen LogP contribution in [-0.4, -0.2) is 15.0 Å². The van der Waals surface area contributed by atoms with Crippen molar-refractivity contribution in [2.45, 2.75) is 52.6 Å². The zero-order valence-electron chi connectivity index (χ0n) is 13.6. The number of imidazole rings is 1. The number of primary amides is 1. The summed E-state index contributed by atoms with van der Waals surface area (Å²) in [6.45, 7) is 6.62. The lowest BCUT2D eigenvalue weighted by Crippen LogP contribution is -2.37. The van der Waals surface area contributed by atoms with E-state index in [2.05, 4.69) is 6.92 Å². The number of aryl methyl sites for hydroxylation is 1. The number of hydrogen-bond donors (Lipinski definition) is 1. The maximum atomic E-state index is 12.9. The highest BCUT2D eigenvalue weighted by Crippen LogP contribution is 2.22. The Morgan fingerprint density at radius 3 is 2.36 bits per heavy atom. The Balaban J connectivity index is 2.61. The SMILES string of the molecule is CCCCCn1c(=O)n([C@H](C(N)=O)C(C)C)c2ccccc21. The van der Waals surface area contributed by atoms with Crippen LogP contribution in [0.2, 0.25) is 0 Å². The molecule has 2 aromatic rings. The van der Waals surface area contributed by atoms with Crippen LogP contribution in [0.1, 0.15) is 46.1 Å². The molecule has 0 aliphatic carbocycles. The Kier molecular flexibility index (Phi) is 5.06. The normalized spacial score (nSPS) is 12.9. The molecule has 120 valence electrons. The third kappa shape index (κ3) is 2.93. The van der Waals surface area contributed by atoms with Gasteiger partial charge in [-0.3, -0.25) is 13.9 Å². The van der Waals surface area contributed by atoms with Crippen LogP contribution in [0.25, 0.3) is 11.0 Å². The average molecular weight is 303 g/mol. The standard InChI is InChI=1S/C17H25N3O2/c1-4-5-8-11-19-13-9-6-7-10-14(13)20(17(19)22)15(12(2)3)16(18)21/h6-7,9-10,12,15H,4-5,8,11H2,1-3H3,(H2,18,21)/t15-/m0/s1. The third-order valence-corrected chi connectivity index (χ3v) is 4.06. The van der Waals surface area contributed by atoms with E-state index in [-0.39, 0.29) is 11.6 Å². The second-order valence-corrected chi connectivity index (χ2v) is 6.09. The number of carbonyl (C=O) groups excluding carboxylic acids is 1. The van der Waals surface area contributed by atoms with Gasteiger partial charge in [0.15, 0.2) is 0 Å². The van der Waals surface area contributed by atoms with E-state index in [1.54, 1.807) is 9.13 Å². The monoisotopic (exact) mass is 303 g/mol. The summed E-state index contributed by atoms with van der Waals surface area (Å²) < 4.78 is 3.33. The molecule has 0 saturated carbocycles. The quantitative estimate of drug-likeness (QED) is 0.799. The third-order valence-electron chi connectivity index (χ3n) is 4.06. The molecule has 5 nitrogen and oxygen atoms in total. The van der Waals surface area contributed by atoms with E-state index in [9.17, 15) is 9.59 Å². The number of nitrogens with two attached hydrogens (primary N) is 1. The van der Waals surface area contributed by atoms with Gasteiger partial charge in [-0.1, -0.05) is 45.7 Å². The Morgan fingerprint density at radius 1 is 1.18 bits per heavy atom. The largest absolute Gasteiger partial charge is 0.368 e. The van der Waals surface area contributed by atoms with Crippen molar-refractivity contribution >= 4 is 16.9 Å².